The maximum absolute atomic E-state index is 12.1. The van der Waals surface area contributed by atoms with Crippen molar-refractivity contribution in [2.45, 2.75) is 18.9 Å². The molecule has 110 valence electrons. The highest BCUT2D eigenvalue weighted by Crippen LogP contribution is 2.31. The standard InChI is InChI=1S/C16H16Cl2N2O/c1-2-16(15(19)21,11-3-5-12(17)6-4-11)20-14-9-7-13(18)8-10-14/h3-10,20H,2H2,1H3,(H2,19,21). The van der Waals surface area contributed by atoms with Crippen molar-refractivity contribution in [2.24, 2.45) is 5.73 Å². The number of rotatable bonds is 5. The van der Waals surface area contributed by atoms with Crippen molar-refractivity contribution in [3.63, 3.8) is 0 Å². The molecule has 0 fully saturated rings. The van der Waals surface area contributed by atoms with Gasteiger partial charge in [0.05, 0.1) is 0 Å². The average Bonchev–Trinajstić information content (AvgIpc) is 2.47. The molecule has 2 rings (SSSR count). The molecule has 1 unspecified atom stereocenters. The van der Waals surface area contributed by atoms with Crippen molar-refractivity contribution < 1.29 is 4.79 Å². The van der Waals surface area contributed by atoms with Gasteiger partial charge in [-0.15, -0.1) is 0 Å². The van der Waals surface area contributed by atoms with Gasteiger partial charge in [0.2, 0.25) is 5.91 Å². The van der Waals surface area contributed by atoms with E-state index >= 15 is 0 Å². The van der Waals surface area contributed by atoms with E-state index in [4.69, 9.17) is 28.9 Å². The van der Waals surface area contributed by atoms with Gasteiger partial charge < -0.3 is 11.1 Å². The summed E-state index contributed by atoms with van der Waals surface area (Å²) >= 11 is 11.8. The molecule has 0 bridgehead atoms. The van der Waals surface area contributed by atoms with Gasteiger partial charge in [0.15, 0.2) is 0 Å². The normalized spacial score (nSPS) is 13.5. The Bertz CT molecular complexity index is 626. The molecule has 3 N–H and O–H groups in total. The van der Waals surface area contributed by atoms with Crippen LogP contribution in [0, 0.1) is 0 Å². The van der Waals surface area contributed by atoms with E-state index in [9.17, 15) is 4.79 Å². The van der Waals surface area contributed by atoms with Crippen molar-refractivity contribution in [1.82, 2.24) is 0 Å². The molecule has 21 heavy (non-hydrogen) atoms. The van der Waals surface area contributed by atoms with Gasteiger partial charge in [-0.05, 0) is 48.4 Å². The minimum Gasteiger partial charge on any atom is -0.368 e. The molecule has 0 aliphatic carbocycles. The van der Waals surface area contributed by atoms with Crippen LogP contribution in [0.1, 0.15) is 18.9 Å². The van der Waals surface area contributed by atoms with Crippen LogP contribution >= 0.6 is 23.2 Å². The number of nitrogens with two attached hydrogens (primary N) is 1. The maximum atomic E-state index is 12.1. The third-order valence-corrected chi connectivity index (χ3v) is 3.99. The Kier molecular flexibility index (Phi) is 4.76. The Morgan fingerprint density at radius 3 is 1.95 bits per heavy atom. The van der Waals surface area contributed by atoms with Crippen molar-refractivity contribution >= 4 is 34.8 Å². The molecule has 0 radical (unpaired) electrons. The van der Waals surface area contributed by atoms with Crippen molar-refractivity contribution in [3.8, 4) is 0 Å². The zero-order valence-electron chi connectivity index (χ0n) is 11.6. The Morgan fingerprint density at radius 2 is 1.52 bits per heavy atom. The van der Waals surface area contributed by atoms with Crippen LogP contribution in [0.4, 0.5) is 5.69 Å². The number of anilines is 1. The Balaban J connectivity index is 2.44. The topological polar surface area (TPSA) is 55.1 Å². The van der Waals surface area contributed by atoms with Gasteiger partial charge in [-0.1, -0.05) is 42.3 Å². The van der Waals surface area contributed by atoms with E-state index in [0.29, 0.717) is 16.5 Å². The highest BCUT2D eigenvalue weighted by molar-refractivity contribution is 6.30. The van der Waals surface area contributed by atoms with E-state index in [1.54, 1.807) is 36.4 Å². The Labute approximate surface area is 134 Å². The molecule has 0 aromatic heterocycles. The monoisotopic (exact) mass is 322 g/mol. The van der Waals surface area contributed by atoms with Gasteiger partial charge in [-0.2, -0.15) is 0 Å². The summed E-state index contributed by atoms with van der Waals surface area (Å²) in [4.78, 5) is 12.1. The first-order valence-electron chi connectivity index (χ1n) is 6.57. The van der Waals surface area contributed by atoms with Crippen LogP contribution < -0.4 is 11.1 Å². The molecule has 2 aromatic rings. The fraction of sp³-hybridized carbons (Fsp3) is 0.188. The second kappa shape index (κ2) is 6.37. The zero-order chi connectivity index (χ0) is 15.5. The molecule has 2 aromatic carbocycles. The minimum absolute atomic E-state index is 0.442. The van der Waals surface area contributed by atoms with E-state index in [-0.39, 0.29) is 0 Å². The van der Waals surface area contributed by atoms with Gasteiger partial charge in [0.1, 0.15) is 5.54 Å². The number of carbonyl (C=O) groups excluding carboxylic acids is 1. The Hall–Kier alpha value is -1.71. The third kappa shape index (κ3) is 3.31. The van der Waals surface area contributed by atoms with E-state index < -0.39 is 11.4 Å². The van der Waals surface area contributed by atoms with Gasteiger partial charge >= 0.3 is 0 Å². The summed E-state index contributed by atoms with van der Waals surface area (Å²) < 4.78 is 0. The summed E-state index contributed by atoms with van der Waals surface area (Å²) in [6.07, 6.45) is 0.507. The predicted molar refractivity (Wildman–Crippen MR) is 87.7 cm³/mol. The molecule has 0 saturated heterocycles. The van der Waals surface area contributed by atoms with E-state index in [1.165, 1.54) is 0 Å². The molecule has 5 heteroatoms. The first kappa shape index (κ1) is 15.7. The summed E-state index contributed by atoms with van der Waals surface area (Å²) in [7, 11) is 0. The van der Waals surface area contributed by atoms with Crippen LogP contribution in [-0.4, -0.2) is 5.91 Å². The lowest BCUT2D eigenvalue weighted by Crippen LogP contribution is -2.47. The molecule has 0 aliphatic rings. The molecule has 0 spiro atoms. The largest absolute Gasteiger partial charge is 0.368 e. The lowest BCUT2D eigenvalue weighted by molar-refractivity contribution is -0.122. The fourth-order valence-corrected chi connectivity index (χ4v) is 2.51. The van der Waals surface area contributed by atoms with Crippen molar-refractivity contribution in [3.05, 3.63) is 64.1 Å². The first-order valence-corrected chi connectivity index (χ1v) is 7.33. The molecular formula is C16H16Cl2N2O. The molecule has 0 heterocycles. The van der Waals surface area contributed by atoms with Gasteiger partial charge in [-0.25, -0.2) is 0 Å². The second-order valence-corrected chi connectivity index (χ2v) is 5.63. The van der Waals surface area contributed by atoms with Crippen LogP contribution in [0.15, 0.2) is 48.5 Å². The number of halogens is 2. The van der Waals surface area contributed by atoms with Crippen LogP contribution in [0.25, 0.3) is 0 Å². The summed E-state index contributed by atoms with van der Waals surface area (Å²) in [5.41, 5.74) is 6.23. The maximum Gasteiger partial charge on any atom is 0.247 e. The summed E-state index contributed by atoms with van der Waals surface area (Å²) in [6, 6.07) is 14.2. The summed E-state index contributed by atoms with van der Waals surface area (Å²) in [5, 5.41) is 4.47. The number of carbonyl (C=O) groups is 1. The molecule has 0 saturated carbocycles. The van der Waals surface area contributed by atoms with Crippen LogP contribution in [0.2, 0.25) is 10.0 Å². The van der Waals surface area contributed by atoms with E-state index in [0.717, 1.165) is 11.3 Å². The number of benzene rings is 2. The van der Waals surface area contributed by atoms with Crippen LogP contribution in [-0.2, 0) is 10.3 Å². The molecule has 1 amide bonds. The van der Waals surface area contributed by atoms with Crippen LogP contribution in [0.5, 0.6) is 0 Å². The number of amides is 1. The van der Waals surface area contributed by atoms with E-state index in [1.807, 2.05) is 19.1 Å². The molecule has 1 atom stereocenters. The zero-order valence-corrected chi connectivity index (χ0v) is 13.1. The van der Waals surface area contributed by atoms with Gasteiger partial charge in [-0.3, -0.25) is 4.79 Å². The van der Waals surface area contributed by atoms with Gasteiger partial charge in [0, 0.05) is 15.7 Å². The third-order valence-electron chi connectivity index (χ3n) is 3.49. The highest BCUT2D eigenvalue weighted by Gasteiger charge is 2.36. The number of nitrogens with one attached hydrogen (secondary N) is 1. The SMILES string of the molecule is CCC(Nc1ccc(Cl)cc1)(C(N)=O)c1ccc(Cl)cc1. The number of hydrogen-bond acceptors (Lipinski definition) is 2. The lowest BCUT2D eigenvalue weighted by atomic mass is 9.86. The van der Waals surface area contributed by atoms with E-state index in [2.05, 4.69) is 5.32 Å². The van der Waals surface area contributed by atoms with Crippen molar-refractivity contribution in [2.75, 3.05) is 5.32 Å². The molecule has 3 nitrogen and oxygen atoms in total. The fourth-order valence-electron chi connectivity index (χ4n) is 2.26. The number of hydrogen-bond donors (Lipinski definition) is 2. The summed E-state index contributed by atoms with van der Waals surface area (Å²) in [6.45, 7) is 1.91. The Morgan fingerprint density at radius 1 is 1.05 bits per heavy atom. The lowest BCUT2D eigenvalue weighted by Gasteiger charge is -2.32. The van der Waals surface area contributed by atoms with Crippen LogP contribution in [0.3, 0.4) is 0 Å². The predicted octanol–water partition coefficient (Wildman–Crippen LogP) is 4.20. The highest BCUT2D eigenvalue weighted by atomic mass is 35.5. The molecule has 0 aliphatic heterocycles. The quantitative estimate of drug-likeness (QED) is 0.866. The minimum atomic E-state index is -0.988. The second-order valence-electron chi connectivity index (χ2n) is 4.76. The smallest absolute Gasteiger partial charge is 0.247 e. The average molecular weight is 323 g/mol. The molecular weight excluding hydrogens is 307 g/mol. The van der Waals surface area contributed by atoms with Crippen molar-refractivity contribution in [1.29, 1.82) is 0 Å². The van der Waals surface area contributed by atoms with Gasteiger partial charge in [0.25, 0.3) is 0 Å². The number of primary amides is 1. The first-order chi connectivity index (χ1) is 9.98. The summed E-state index contributed by atoms with van der Waals surface area (Å²) in [5.74, 6) is -0.442.